The maximum atomic E-state index is 13.5. The second-order valence-electron chi connectivity index (χ2n) is 8.32. The molecule has 0 spiro atoms. The summed E-state index contributed by atoms with van der Waals surface area (Å²) < 4.78 is 46.5. The first-order valence-corrected chi connectivity index (χ1v) is 10.2. The van der Waals surface area contributed by atoms with E-state index in [9.17, 15) is 13.2 Å². The number of hydrogen-bond acceptors (Lipinski definition) is 3. The lowest BCUT2D eigenvalue weighted by Crippen LogP contribution is -2.35. The molecule has 0 aliphatic carbocycles. The fourth-order valence-corrected chi connectivity index (χ4v) is 4.49. The van der Waals surface area contributed by atoms with Gasteiger partial charge in [-0.2, -0.15) is 13.2 Å². The largest absolute Gasteiger partial charge is 0.487 e. The molecule has 4 rings (SSSR count). The van der Waals surface area contributed by atoms with Gasteiger partial charge >= 0.3 is 6.18 Å². The summed E-state index contributed by atoms with van der Waals surface area (Å²) in [6.45, 7) is 5.47. The third-order valence-corrected chi connectivity index (χ3v) is 5.90. The molecule has 154 valence electrons. The predicted molar refractivity (Wildman–Crippen MR) is 112 cm³/mol. The molecule has 2 aliphatic heterocycles. The first-order chi connectivity index (χ1) is 13.6. The smallest absolute Gasteiger partial charge is 0.416 e. The molecule has 2 nitrogen and oxygen atoms in total. The molecule has 1 unspecified atom stereocenters. The standard InChI is InChI=1S/C23H24F3NOS/c1-22(2)13-20(18-6-4-16(29)12-21(18)28-22)17-5-3-15(23(24,25)26)11-19(17)14-7-9-27-10-8-14/h3-7,11-12,20,27,29H,8-10,13H2,1-2H3. The summed E-state index contributed by atoms with van der Waals surface area (Å²) in [5.41, 5.74) is 2.56. The summed E-state index contributed by atoms with van der Waals surface area (Å²) in [5.74, 6) is 0.708. The first-order valence-electron chi connectivity index (χ1n) is 9.77. The number of benzene rings is 2. The summed E-state index contributed by atoms with van der Waals surface area (Å²) in [6, 6.07) is 9.96. The zero-order valence-electron chi connectivity index (χ0n) is 16.4. The van der Waals surface area contributed by atoms with Gasteiger partial charge in [0.15, 0.2) is 0 Å². The van der Waals surface area contributed by atoms with E-state index in [0.717, 1.165) is 33.9 Å². The van der Waals surface area contributed by atoms with Crippen LogP contribution in [0.4, 0.5) is 13.2 Å². The summed E-state index contributed by atoms with van der Waals surface area (Å²) in [6.07, 6.45) is -0.960. The minimum Gasteiger partial charge on any atom is -0.487 e. The molecule has 0 saturated heterocycles. The second kappa shape index (κ2) is 7.40. The molecule has 6 heteroatoms. The van der Waals surface area contributed by atoms with E-state index in [2.05, 4.69) is 17.9 Å². The van der Waals surface area contributed by atoms with E-state index in [1.54, 1.807) is 6.07 Å². The minimum atomic E-state index is -4.37. The van der Waals surface area contributed by atoms with Gasteiger partial charge in [0.25, 0.3) is 0 Å². The van der Waals surface area contributed by atoms with Crippen LogP contribution in [0.1, 0.15) is 54.9 Å². The molecule has 2 heterocycles. The fraction of sp³-hybridized carbons (Fsp3) is 0.391. The predicted octanol–water partition coefficient (Wildman–Crippen LogP) is 6.06. The van der Waals surface area contributed by atoms with Gasteiger partial charge in [0.05, 0.1) is 5.56 Å². The molecular weight excluding hydrogens is 395 g/mol. The second-order valence-corrected chi connectivity index (χ2v) is 8.84. The van der Waals surface area contributed by atoms with Crippen molar-refractivity contribution in [2.45, 2.75) is 49.3 Å². The Labute approximate surface area is 174 Å². The number of rotatable bonds is 2. The summed E-state index contributed by atoms with van der Waals surface area (Å²) >= 11 is 4.42. The molecule has 0 aromatic heterocycles. The van der Waals surface area contributed by atoms with E-state index in [1.807, 2.05) is 38.1 Å². The molecule has 2 aliphatic rings. The van der Waals surface area contributed by atoms with E-state index in [4.69, 9.17) is 4.74 Å². The molecule has 1 N–H and O–H groups in total. The Morgan fingerprint density at radius 1 is 1.10 bits per heavy atom. The van der Waals surface area contributed by atoms with Crippen LogP contribution in [0.2, 0.25) is 0 Å². The van der Waals surface area contributed by atoms with E-state index >= 15 is 0 Å². The average molecular weight is 420 g/mol. The molecule has 29 heavy (non-hydrogen) atoms. The van der Waals surface area contributed by atoms with Gasteiger partial charge in [0.2, 0.25) is 0 Å². The Morgan fingerprint density at radius 3 is 2.55 bits per heavy atom. The van der Waals surface area contributed by atoms with E-state index in [1.165, 1.54) is 12.1 Å². The summed E-state index contributed by atoms with van der Waals surface area (Å²) in [5, 5.41) is 3.24. The van der Waals surface area contributed by atoms with Crippen molar-refractivity contribution in [2.24, 2.45) is 0 Å². The third-order valence-electron chi connectivity index (χ3n) is 5.62. The summed E-state index contributed by atoms with van der Waals surface area (Å²) in [7, 11) is 0. The molecule has 0 saturated carbocycles. The maximum absolute atomic E-state index is 13.5. The topological polar surface area (TPSA) is 21.3 Å². The zero-order chi connectivity index (χ0) is 20.8. The van der Waals surface area contributed by atoms with E-state index < -0.39 is 17.3 Å². The van der Waals surface area contributed by atoms with Crippen LogP contribution in [-0.2, 0) is 6.18 Å². The van der Waals surface area contributed by atoms with Crippen molar-refractivity contribution < 1.29 is 17.9 Å². The lowest BCUT2D eigenvalue weighted by molar-refractivity contribution is -0.137. The zero-order valence-corrected chi connectivity index (χ0v) is 17.3. The van der Waals surface area contributed by atoms with Gasteiger partial charge in [-0.15, -0.1) is 12.6 Å². The van der Waals surface area contributed by atoms with Crippen molar-refractivity contribution in [1.82, 2.24) is 5.32 Å². The normalized spacial score (nSPS) is 21.2. The SMILES string of the molecule is CC1(C)CC(c2ccc(C(F)(F)F)cc2C2=CCNCC2)c2ccc(S)cc2O1. The quantitative estimate of drug-likeness (QED) is 0.577. The highest BCUT2D eigenvalue weighted by Gasteiger charge is 2.37. The van der Waals surface area contributed by atoms with Crippen molar-refractivity contribution in [3.63, 3.8) is 0 Å². The molecule has 2 aromatic carbocycles. The highest BCUT2D eigenvalue weighted by atomic mass is 32.1. The molecule has 2 aromatic rings. The Bertz CT molecular complexity index is 965. The lowest BCUT2D eigenvalue weighted by atomic mass is 9.76. The molecule has 1 atom stereocenters. The lowest BCUT2D eigenvalue weighted by Gasteiger charge is -2.39. The third kappa shape index (κ3) is 4.19. The van der Waals surface area contributed by atoms with Crippen LogP contribution in [0.15, 0.2) is 47.4 Å². The highest BCUT2D eigenvalue weighted by molar-refractivity contribution is 7.80. The average Bonchev–Trinajstić information content (AvgIpc) is 2.66. The highest BCUT2D eigenvalue weighted by Crippen LogP contribution is 2.47. The minimum absolute atomic E-state index is 0.0456. The van der Waals surface area contributed by atoms with E-state index in [0.29, 0.717) is 24.9 Å². The molecular formula is C23H24F3NOS. The Kier molecular flexibility index (Phi) is 5.20. The van der Waals surface area contributed by atoms with Crippen molar-refractivity contribution in [3.05, 3.63) is 64.7 Å². The van der Waals surface area contributed by atoms with Crippen LogP contribution in [-0.4, -0.2) is 18.7 Å². The van der Waals surface area contributed by atoms with Gasteiger partial charge in [0.1, 0.15) is 11.4 Å². The Balaban J connectivity index is 1.89. The monoisotopic (exact) mass is 419 g/mol. The van der Waals surface area contributed by atoms with Crippen LogP contribution in [0.5, 0.6) is 5.75 Å². The number of nitrogens with one attached hydrogen (secondary N) is 1. The van der Waals surface area contributed by atoms with Gasteiger partial charge < -0.3 is 10.1 Å². The number of thiol groups is 1. The number of hydrogen-bond donors (Lipinski definition) is 2. The van der Waals surface area contributed by atoms with Crippen LogP contribution in [0.25, 0.3) is 5.57 Å². The van der Waals surface area contributed by atoms with Gasteiger partial charge in [0, 0.05) is 22.9 Å². The van der Waals surface area contributed by atoms with Crippen molar-refractivity contribution in [2.75, 3.05) is 13.1 Å². The number of alkyl halides is 3. The fourth-order valence-electron chi connectivity index (χ4n) is 4.30. The molecule has 0 fully saturated rings. The van der Waals surface area contributed by atoms with Crippen molar-refractivity contribution in [1.29, 1.82) is 0 Å². The van der Waals surface area contributed by atoms with Crippen molar-refractivity contribution in [3.8, 4) is 5.75 Å². The van der Waals surface area contributed by atoms with E-state index in [-0.39, 0.29) is 5.92 Å². The van der Waals surface area contributed by atoms with Gasteiger partial charge in [-0.3, -0.25) is 0 Å². The molecule has 0 radical (unpaired) electrons. The first kappa shape index (κ1) is 20.4. The Morgan fingerprint density at radius 2 is 1.86 bits per heavy atom. The van der Waals surface area contributed by atoms with Crippen LogP contribution in [0, 0.1) is 0 Å². The molecule has 0 amide bonds. The number of halogens is 3. The Hall–Kier alpha value is -1.92. The van der Waals surface area contributed by atoms with Crippen LogP contribution >= 0.6 is 12.6 Å². The maximum Gasteiger partial charge on any atom is 0.416 e. The number of ether oxygens (including phenoxy) is 1. The van der Waals surface area contributed by atoms with Crippen LogP contribution < -0.4 is 10.1 Å². The van der Waals surface area contributed by atoms with Gasteiger partial charge in [-0.05, 0) is 74.2 Å². The van der Waals surface area contributed by atoms with Gasteiger partial charge in [-0.25, -0.2) is 0 Å². The summed E-state index contributed by atoms with van der Waals surface area (Å²) in [4.78, 5) is 0.800. The molecule has 0 bridgehead atoms. The van der Waals surface area contributed by atoms with Crippen molar-refractivity contribution >= 4 is 18.2 Å². The number of fused-ring (bicyclic) bond motifs is 1. The van der Waals surface area contributed by atoms with Gasteiger partial charge in [-0.1, -0.05) is 18.2 Å². The van der Waals surface area contributed by atoms with Crippen LogP contribution in [0.3, 0.4) is 0 Å².